The molecule has 8 heteroatoms. The first-order valence-electron chi connectivity index (χ1n) is 8.21. The molecule has 0 unspecified atom stereocenters. The van der Waals surface area contributed by atoms with Crippen LogP contribution in [0.5, 0.6) is 5.75 Å². The minimum atomic E-state index is -3.69. The van der Waals surface area contributed by atoms with Crippen LogP contribution in [0, 0.1) is 0 Å². The summed E-state index contributed by atoms with van der Waals surface area (Å²) in [6.45, 7) is 3.94. The number of methoxy groups -OCH3 is 1. The molecule has 1 aliphatic heterocycles. The maximum absolute atomic E-state index is 12.9. The lowest BCUT2D eigenvalue weighted by Gasteiger charge is -2.26. The van der Waals surface area contributed by atoms with E-state index in [-0.39, 0.29) is 16.6 Å². The monoisotopic (exact) mass is 368 g/mol. The molecule has 1 fully saturated rings. The van der Waals surface area contributed by atoms with E-state index in [1.165, 1.54) is 23.6 Å². The number of amides is 1. The van der Waals surface area contributed by atoms with E-state index in [0.29, 0.717) is 38.4 Å². The summed E-state index contributed by atoms with van der Waals surface area (Å²) in [7, 11) is -2.25. The highest BCUT2D eigenvalue weighted by Gasteiger charge is 2.29. The minimum absolute atomic E-state index is 0.0908. The van der Waals surface area contributed by atoms with Crippen molar-refractivity contribution < 1.29 is 22.7 Å². The number of sulfonamides is 1. The number of ether oxygens (including phenoxy) is 2. The lowest BCUT2D eigenvalue weighted by molar-refractivity contribution is -0.116. The van der Waals surface area contributed by atoms with Crippen LogP contribution in [0.25, 0.3) is 6.08 Å². The number of hydrogen-bond acceptors (Lipinski definition) is 5. The Kier molecular flexibility index (Phi) is 6.98. The lowest BCUT2D eigenvalue weighted by atomic mass is 10.2. The molecule has 7 nitrogen and oxygen atoms in total. The third-order valence-corrected chi connectivity index (χ3v) is 5.67. The second-order valence-electron chi connectivity index (χ2n) is 5.55. The van der Waals surface area contributed by atoms with Gasteiger partial charge in [0.25, 0.3) is 0 Å². The first-order valence-corrected chi connectivity index (χ1v) is 9.65. The summed E-state index contributed by atoms with van der Waals surface area (Å²) in [6, 6.07) is 4.82. The van der Waals surface area contributed by atoms with E-state index >= 15 is 0 Å². The standard InChI is InChI=1S/C17H24N2O5S/c1-3-8-18-17(20)7-5-14-4-6-15(23-2)16(13-14)25(21,22)19-9-11-24-12-10-19/h4-7,13H,3,8-12H2,1-2H3,(H,18,20)/b7-5+. The van der Waals surface area contributed by atoms with Gasteiger partial charge >= 0.3 is 0 Å². The fraction of sp³-hybridized carbons (Fsp3) is 0.471. The molecule has 0 aliphatic carbocycles. The van der Waals surface area contributed by atoms with Gasteiger partial charge in [0.15, 0.2) is 0 Å². The molecule has 0 atom stereocenters. The molecule has 1 saturated heterocycles. The van der Waals surface area contributed by atoms with Crippen LogP contribution in [0.3, 0.4) is 0 Å². The Balaban J connectivity index is 2.27. The molecular formula is C17H24N2O5S. The van der Waals surface area contributed by atoms with Gasteiger partial charge in [-0.1, -0.05) is 13.0 Å². The van der Waals surface area contributed by atoms with Crippen molar-refractivity contribution in [3.8, 4) is 5.75 Å². The van der Waals surface area contributed by atoms with Gasteiger partial charge in [-0.15, -0.1) is 0 Å². The van der Waals surface area contributed by atoms with Gasteiger partial charge in [-0.25, -0.2) is 8.42 Å². The highest BCUT2D eigenvalue weighted by molar-refractivity contribution is 7.89. The molecule has 2 rings (SSSR count). The van der Waals surface area contributed by atoms with Crippen LogP contribution >= 0.6 is 0 Å². The zero-order valence-corrected chi connectivity index (χ0v) is 15.3. The summed E-state index contributed by atoms with van der Waals surface area (Å²) >= 11 is 0. The van der Waals surface area contributed by atoms with Crippen LogP contribution in [-0.2, 0) is 19.6 Å². The SMILES string of the molecule is CCCNC(=O)/C=C/c1ccc(OC)c(S(=O)(=O)N2CCOCC2)c1. The van der Waals surface area contributed by atoms with Gasteiger partial charge in [-0.3, -0.25) is 4.79 Å². The number of hydrogen-bond donors (Lipinski definition) is 1. The quantitative estimate of drug-likeness (QED) is 0.733. The number of nitrogens with one attached hydrogen (secondary N) is 1. The summed E-state index contributed by atoms with van der Waals surface area (Å²) in [4.78, 5) is 11.8. The van der Waals surface area contributed by atoms with Gasteiger partial charge in [0, 0.05) is 25.7 Å². The normalized spacial score (nSPS) is 16.1. The summed E-state index contributed by atoms with van der Waals surface area (Å²) in [5.41, 5.74) is 0.610. The van der Waals surface area contributed by atoms with Crippen molar-refractivity contribution in [3.63, 3.8) is 0 Å². The predicted molar refractivity (Wildman–Crippen MR) is 94.9 cm³/mol. The molecule has 1 N–H and O–H groups in total. The van der Waals surface area contributed by atoms with Crippen LogP contribution < -0.4 is 10.1 Å². The van der Waals surface area contributed by atoms with Gasteiger partial charge in [-0.2, -0.15) is 4.31 Å². The van der Waals surface area contributed by atoms with E-state index in [9.17, 15) is 13.2 Å². The number of morpholine rings is 1. The van der Waals surface area contributed by atoms with Gasteiger partial charge in [0.2, 0.25) is 15.9 Å². The second-order valence-corrected chi connectivity index (χ2v) is 7.46. The second kappa shape index (κ2) is 8.98. The van der Waals surface area contributed by atoms with Crippen LogP contribution in [0.2, 0.25) is 0 Å². The third-order valence-electron chi connectivity index (χ3n) is 3.75. The Labute approximate surface area is 148 Å². The van der Waals surface area contributed by atoms with Crippen molar-refractivity contribution in [1.29, 1.82) is 0 Å². The maximum atomic E-state index is 12.9. The highest BCUT2D eigenvalue weighted by Crippen LogP contribution is 2.28. The first-order chi connectivity index (χ1) is 12.0. The van der Waals surface area contributed by atoms with E-state index < -0.39 is 10.0 Å². The largest absolute Gasteiger partial charge is 0.495 e. The average molecular weight is 368 g/mol. The zero-order valence-electron chi connectivity index (χ0n) is 14.5. The fourth-order valence-electron chi connectivity index (χ4n) is 2.40. The molecular weight excluding hydrogens is 344 g/mol. The van der Waals surface area contributed by atoms with Crippen molar-refractivity contribution in [2.45, 2.75) is 18.2 Å². The summed E-state index contributed by atoms with van der Waals surface area (Å²) < 4.78 is 37.6. The molecule has 138 valence electrons. The number of carbonyl (C=O) groups excluding carboxylic acids is 1. The molecule has 1 aromatic rings. The van der Waals surface area contributed by atoms with Crippen molar-refractivity contribution in [1.82, 2.24) is 9.62 Å². The van der Waals surface area contributed by atoms with Gasteiger partial charge in [0.1, 0.15) is 10.6 Å². The topological polar surface area (TPSA) is 84.9 Å². The Hall–Kier alpha value is -1.90. The lowest BCUT2D eigenvalue weighted by Crippen LogP contribution is -2.40. The minimum Gasteiger partial charge on any atom is -0.495 e. The van der Waals surface area contributed by atoms with E-state index in [0.717, 1.165) is 6.42 Å². The molecule has 1 heterocycles. The molecule has 0 spiro atoms. The molecule has 1 aromatic carbocycles. The molecule has 25 heavy (non-hydrogen) atoms. The van der Waals surface area contributed by atoms with Crippen molar-refractivity contribution in [2.24, 2.45) is 0 Å². The van der Waals surface area contributed by atoms with Crippen LogP contribution in [0.15, 0.2) is 29.2 Å². The van der Waals surface area contributed by atoms with E-state index in [2.05, 4.69) is 5.32 Å². The Bertz CT molecular complexity index is 725. The first kappa shape index (κ1) is 19.4. The summed E-state index contributed by atoms with van der Waals surface area (Å²) in [5.74, 6) is 0.0642. The average Bonchev–Trinajstić information content (AvgIpc) is 2.65. The third kappa shape index (κ3) is 5.04. The van der Waals surface area contributed by atoms with Gasteiger partial charge < -0.3 is 14.8 Å². The van der Waals surface area contributed by atoms with Gasteiger partial charge in [0.05, 0.1) is 20.3 Å². The molecule has 1 aliphatic rings. The van der Waals surface area contributed by atoms with E-state index in [1.54, 1.807) is 18.2 Å². The van der Waals surface area contributed by atoms with Gasteiger partial charge in [-0.05, 0) is 30.2 Å². The van der Waals surface area contributed by atoms with Crippen molar-refractivity contribution in [3.05, 3.63) is 29.8 Å². The predicted octanol–water partition coefficient (Wildman–Crippen LogP) is 1.26. The maximum Gasteiger partial charge on any atom is 0.246 e. The van der Waals surface area contributed by atoms with E-state index in [1.807, 2.05) is 6.92 Å². The van der Waals surface area contributed by atoms with Crippen LogP contribution in [0.1, 0.15) is 18.9 Å². The molecule has 0 bridgehead atoms. The molecule has 0 radical (unpaired) electrons. The molecule has 0 aromatic heterocycles. The smallest absolute Gasteiger partial charge is 0.246 e. The van der Waals surface area contributed by atoms with Crippen molar-refractivity contribution in [2.75, 3.05) is 40.0 Å². The van der Waals surface area contributed by atoms with E-state index in [4.69, 9.17) is 9.47 Å². The van der Waals surface area contributed by atoms with Crippen LogP contribution in [-0.4, -0.2) is 58.6 Å². The summed E-state index contributed by atoms with van der Waals surface area (Å²) in [6.07, 6.45) is 3.83. The number of rotatable bonds is 7. The zero-order chi connectivity index (χ0) is 18.3. The fourth-order valence-corrected chi connectivity index (χ4v) is 4.00. The summed E-state index contributed by atoms with van der Waals surface area (Å²) in [5, 5.41) is 2.73. The molecule has 1 amide bonds. The molecule has 0 saturated carbocycles. The van der Waals surface area contributed by atoms with Crippen molar-refractivity contribution >= 4 is 22.0 Å². The highest BCUT2D eigenvalue weighted by atomic mass is 32.2. The Morgan fingerprint density at radius 3 is 2.72 bits per heavy atom. The Morgan fingerprint density at radius 1 is 1.36 bits per heavy atom. The number of benzene rings is 1. The Morgan fingerprint density at radius 2 is 2.08 bits per heavy atom. The number of nitrogens with zero attached hydrogens (tertiary/aromatic N) is 1. The number of carbonyl (C=O) groups is 1. The van der Waals surface area contributed by atoms with Crippen LogP contribution in [0.4, 0.5) is 0 Å².